The van der Waals surface area contributed by atoms with E-state index in [0.29, 0.717) is 13.0 Å². The van der Waals surface area contributed by atoms with Crippen LogP contribution >= 0.6 is 11.5 Å². The molecule has 0 saturated carbocycles. The Morgan fingerprint density at radius 3 is 2.50 bits per heavy atom. The van der Waals surface area contributed by atoms with Crippen LogP contribution in [0.25, 0.3) is 0 Å². The van der Waals surface area contributed by atoms with Crippen LogP contribution in [0.2, 0.25) is 0 Å². The van der Waals surface area contributed by atoms with Gasteiger partial charge in [0.15, 0.2) is 0 Å². The van der Waals surface area contributed by atoms with Gasteiger partial charge in [-0.3, -0.25) is 0 Å². The Hall–Kier alpha value is -1.93. The minimum absolute atomic E-state index is 0.0632. The summed E-state index contributed by atoms with van der Waals surface area (Å²) in [6.45, 7) is 6.92. The van der Waals surface area contributed by atoms with Crippen molar-refractivity contribution < 1.29 is 0 Å². The van der Waals surface area contributed by atoms with E-state index in [1.165, 1.54) is 11.5 Å². The molecule has 1 heterocycles. The van der Waals surface area contributed by atoms with Crippen LogP contribution in [0, 0.1) is 11.3 Å². The Kier molecular flexibility index (Phi) is 4.35. The molecular formula is C15H18N4S. The van der Waals surface area contributed by atoms with Crippen molar-refractivity contribution in [3.8, 4) is 6.07 Å². The molecule has 0 spiro atoms. The molecule has 20 heavy (non-hydrogen) atoms. The zero-order chi connectivity index (χ0) is 14.6. The number of nitriles is 1. The van der Waals surface area contributed by atoms with E-state index in [-0.39, 0.29) is 5.41 Å². The topological polar surface area (TPSA) is 52.8 Å². The number of benzene rings is 1. The van der Waals surface area contributed by atoms with E-state index in [2.05, 4.69) is 41.1 Å². The zero-order valence-electron chi connectivity index (χ0n) is 12.0. The van der Waals surface area contributed by atoms with E-state index in [9.17, 15) is 0 Å². The molecule has 0 fully saturated rings. The summed E-state index contributed by atoms with van der Waals surface area (Å²) in [6.07, 6.45) is 0.458. The molecule has 0 atom stereocenters. The van der Waals surface area contributed by atoms with Crippen LogP contribution in [0.4, 0.5) is 10.8 Å². The fourth-order valence-electron chi connectivity index (χ4n) is 1.73. The Morgan fingerprint density at radius 1 is 1.25 bits per heavy atom. The van der Waals surface area contributed by atoms with E-state index >= 15 is 0 Å². The summed E-state index contributed by atoms with van der Waals surface area (Å²) < 4.78 is 4.45. The van der Waals surface area contributed by atoms with Crippen LogP contribution in [0.1, 0.15) is 33.0 Å². The van der Waals surface area contributed by atoms with E-state index < -0.39 is 0 Å². The molecule has 0 aliphatic carbocycles. The van der Waals surface area contributed by atoms with Gasteiger partial charge >= 0.3 is 0 Å². The van der Waals surface area contributed by atoms with Gasteiger partial charge in [-0.05, 0) is 12.1 Å². The molecular weight excluding hydrogens is 268 g/mol. The van der Waals surface area contributed by atoms with Crippen LogP contribution in [-0.4, -0.2) is 15.9 Å². The van der Waals surface area contributed by atoms with Crippen molar-refractivity contribution in [2.75, 3.05) is 11.4 Å². The summed E-state index contributed by atoms with van der Waals surface area (Å²) >= 11 is 1.39. The van der Waals surface area contributed by atoms with Gasteiger partial charge in [0.2, 0.25) is 5.13 Å². The van der Waals surface area contributed by atoms with E-state index in [1.54, 1.807) is 0 Å². The molecule has 2 rings (SSSR count). The van der Waals surface area contributed by atoms with E-state index in [4.69, 9.17) is 5.26 Å². The third-order valence-corrected chi connectivity index (χ3v) is 3.57. The smallest absolute Gasteiger partial charge is 0.209 e. The van der Waals surface area contributed by atoms with Gasteiger partial charge in [-0.2, -0.15) is 9.64 Å². The summed E-state index contributed by atoms with van der Waals surface area (Å²) in [5.41, 5.74) is 0.978. The zero-order valence-corrected chi connectivity index (χ0v) is 12.8. The lowest BCUT2D eigenvalue weighted by Gasteiger charge is -2.20. The van der Waals surface area contributed by atoms with Gasteiger partial charge in [-0.25, -0.2) is 4.98 Å². The van der Waals surface area contributed by atoms with Crippen molar-refractivity contribution in [1.29, 1.82) is 5.26 Å². The van der Waals surface area contributed by atoms with Crippen molar-refractivity contribution in [2.24, 2.45) is 0 Å². The normalized spacial score (nSPS) is 11.1. The molecule has 0 radical (unpaired) electrons. The number of para-hydroxylation sites is 1. The fourth-order valence-corrected chi connectivity index (χ4v) is 2.64. The summed E-state index contributed by atoms with van der Waals surface area (Å²) in [5, 5.41) is 9.68. The summed E-state index contributed by atoms with van der Waals surface area (Å²) in [6, 6.07) is 12.2. The SMILES string of the molecule is CC(C)(C)c1nsc(N(CCC#N)c2ccccc2)n1. The van der Waals surface area contributed by atoms with Gasteiger partial charge in [0.1, 0.15) is 5.82 Å². The molecule has 5 heteroatoms. The Balaban J connectivity index is 2.32. The predicted octanol–water partition coefficient (Wildman–Crippen LogP) is 3.89. The predicted molar refractivity (Wildman–Crippen MR) is 82.3 cm³/mol. The minimum Gasteiger partial charge on any atom is -0.316 e. The van der Waals surface area contributed by atoms with Crippen molar-refractivity contribution in [2.45, 2.75) is 32.6 Å². The van der Waals surface area contributed by atoms with Crippen molar-refractivity contribution in [1.82, 2.24) is 9.36 Å². The number of hydrogen-bond acceptors (Lipinski definition) is 5. The monoisotopic (exact) mass is 286 g/mol. The highest BCUT2D eigenvalue weighted by Gasteiger charge is 2.22. The summed E-state index contributed by atoms with van der Waals surface area (Å²) in [4.78, 5) is 6.69. The summed E-state index contributed by atoms with van der Waals surface area (Å²) in [5.74, 6) is 0.843. The van der Waals surface area contributed by atoms with Gasteiger partial charge < -0.3 is 4.90 Å². The number of rotatable bonds is 4. The second-order valence-corrected chi connectivity index (χ2v) is 6.28. The maximum atomic E-state index is 8.83. The molecule has 104 valence electrons. The molecule has 0 N–H and O–H groups in total. The third kappa shape index (κ3) is 3.34. The highest BCUT2D eigenvalue weighted by atomic mass is 32.1. The first-order valence-corrected chi connectivity index (χ1v) is 7.33. The van der Waals surface area contributed by atoms with Crippen LogP contribution in [0.15, 0.2) is 30.3 Å². The average molecular weight is 286 g/mol. The lowest BCUT2D eigenvalue weighted by molar-refractivity contribution is 0.554. The largest absolute Gasteiger partial charge is 0.316 e. The number of aromatic nitrogens is 2. The molecule has 1 aromatic carbocycles. The molecule has 0 aliphatic rings. The quantitative estimate of drug-likeness (QED) is 0.855. The van der Waals surface area contributed by atoms with Crippen LogP contribution in [-0.2, 0) is 5.41 Å². The average Bonchev–Trinajstić information content (AvgIpc) is 2.90. The first-order chi connectivity index (χ1) is 9.52. The maximum Gasteiger partial charge on any atom is 0.209 e. The second-order valence-electron chi connectivity index (χ2n) is 5.55. The first kappa shape index (κ1) is 14.5. The molecule has 4 nitrogen and oxygen atoms in total. The molecule has 0 amide bonds. The van der Waals surface area contributed by atoms with E-state index in [0.717, 1.165) is 16.6 Å². The van der Waals surface area contributed by atoms with Gasteiger partial charge in [-0.15, -0.1) is 0 Å². The van der Waals surface area contributed by atoms with Crippen LogP contribution in [0.3, 0.4) is 0 Å². The van der Waals surface area contributed by atoms with Crippen molar-refractivity contribution in [3.05, 3.63) is 36.2 Å². The first-order valence-electron chi connectivity index (χ1n) is 6.56. The van der Waals surface area contributed by atoms with Crippen LogP contribution < -0.4 is 4.90 Å². The summed E-state index contributed by atoms with van der Waals surface area (Å²) in [7, 11) is 0. The van der Waals surface area contributed by atoms with Gasteiger partial charge in [-0.1, -0.05) is 39.0 Å². The highest BCUT2D eigenvalue weighted by molar-refractivity contribution is 7.09. The molecule has 2 aromatic rings. The highest BCUT2D eigenvalue weighted by Crippen LogP contribution is 2.30. The van der Waals surface area contributed by atoms with Gasteiger partial charge in [0, 0.05) is 29.2 Å². The van der Waals surface area contributed by atoms with Crippen molar-refractivity contribution in [3.63, 3.8) is 0 Å². The Morgan fingerprint density at radius 2 is 1.95 bits per heavy atom. The minimum atomic E-state index is -0.0632. The maximum absolute atomic E-state index is 8.83. The second kappa shape index (κ2) is 6.02. The third-order valence-electron chi connectivity index (χ3n) is 2.83. The molecule has 1 aromatic heterocycles. The van der Waals surface area contributed by atoms with E-state index in [1.807, 2.05) is 30.3 Å². The molecule has 0 saturated heterocycles. The van der Waals surface area contributed by atoms with Crippen LogP contribution in [0.5, 0.6) is 0 Å². The van der Waals surface area contributed by atoms with Crippen molar-refractivity contribution >= 4 is 22.4 Å². The fraction of sp³-hybridized carbons (Fsp3) is 0.400. The Labute approximate surface area is 123 Å². The molecule has 0 aliphatic heterocycles. The molecule has 0 unspecified atom stereocenters. The lowest BCUT2D eigenvalue weighted by Crippen LogP contribution is -2.19. The number of nitrogens with zero attached hydrogens (tertiary/aromatic N) is 4. The molecule has 0 bridgehead atoms. The number of anilines is 2. The van der Waals surface area contributed by atoms with Gasteiger partial charge in [0.25, 0.3) is 0 Å². The van der Waals surface area contributed by atoms with Gasteiger partial charge in [0.05, 0.1) is 12.5 Å². The standard InChI is InChI=1S/C15H18N4S/c1-15(2,3)13-17-14(20-18-13)19(11-7-10-16)12-8-5-4-6-9-12/h4-6,8-9H,7,11H2,1-3H3. The lowest BCUT2D eigenvalue weighted by atomic mass is 9.96. The Bertz CT molecular complexity index is 592. The number of hydrogen-bond donors (Lipinski definition) is 0.